The smallest absolute Gasteiger partial charge is 0.367 e. The molecular weight excluding hydrogens is 372 g/mol. The summed E-state index contributed by atoms with van der Waals surface area (Å²) in [5.41, 5.74) is -3.05. The summed E-state index contributed by atoms with van der Waals surface area (Å²) in [6, 6.07) is 1.68. The van der Waals surface area contributed by atoms with Gasteiger partial charge < -0.3 is 5.32 Å². The van der Waals surface area contributed by atoms with E-state index in [1.165, 1.54) is 6.20 Å². The molecule has 1 aromatic carbocycles. The first-order valence-corrected chi connectivity index (χ1v) is 8.44. The molecule has 0 atom stereocenters. The van der Waals surface area contributed by atoms with Crippen molar-refractivity contribution in [2.75, 3.05) is 5.32 Å². The molecule has 1 aliphatic rings. The van der Waals surface area contributed by atoms with E-state index < -0.39 is 23.5 Å². The molecule has 3 rings (SSSR count). The Hall–Kier alpha value is -2.32. The average molecular weight is 389 g/mol. The van der Waals surface area contributed by atoms with E-state index in [0.29, 0.717) is 11.9 Å². The van der Waals surface area contributed by atoms with Gasteiger partial charge in [-0.25, -0.2) is 9.97 Å². The van der Waals surface area contributed by atoms with Gasteiger partial charge in [-0.1, -0.05) is 18.9 Å². The van der Waals surface area contributed by atoms with Gasteiger partial charge in [-0.3, -0.25) is 0 Å². The molecule has 0 aliphatic heterocycles. The first-order valence-electron chi connectivity index (χ1n) is 8.44. The van der Waals surface area contributed by atoms with Gasteiger partial charge in [-0.05, 0) is 37.5 Å². The topological polar surface area (TPSA) is 37.8 Å². The third kappa shape index (κ3) is 4.33. The van der Waals surface area contributed by atoms with Gasteiger partial charge in [0.2, 0.25) is 0 Å². The average Bonchev–Trinajstić information content (AvgIpc) is 3.06. The van der Waals surface area contributed by atoms with Crippen molar-refractivity contribution >= 4 is 5.82 Å². The molecule has 0 spiro atoms. The molecule has 146 valence electrons. The molecule has 1 aliphatic carbocycles. The first kappa shape index (κ1) is 19.4. The van der Waals surface area contributed by atoms with Crippen LogP contribution in [-0.2, 0) is 12.4 Å². The highest BCUT2D eigenvalue weighted by Crippen LogP contribution is 2.42. The fourth-order valence-corrected chi connectivity index (χ4v) is 3.23. The molecule has 0 saturated heterocycles. The highest BCUT2D eigenvalue weighted by molar-refractivity contribution is 5.78. The molecule has 3 nitrogen and oxygen atoms in total. The van der Waals surface area contributed by atoms with Crippen molar-refractivity contribution in [2.45, 2.75) is 51.0 Å². The molecule has 2 aromatic rings. The van der Waals surface area contributed by atoms with Gasteiger partial charge in [-0.15, -0.1) is 0 Å². The molecule has 1 fully saturated rings. The molecule has 1 aromatic heterocycles. The van der Waals surface area contributed by atoms with Crippen LogP contribution < -0.4 is 5.32 Å². The Morgan fingerprint density at radius 2 is 1.63 bits per heavy atom. The number of aromatic nitrogens is 2. The van der Waals surface area contributed by atoms with E-state index in [0.717, 1.165) is 31.7 Å². The molecule has 27 heavy (non-hydrogen) atoms. The van der Waals surface area contributed by atoms with Crippen LogP contribution in [0.2, 0.25) is 0 Å². The number of hydrogen-bond donors (Lipinski definition) is 1. The zero-order valence-electron chi connectivity index (χ0n) is 14.4. The summed E-state index contributed by atoms with van der Waals surface area (Å²) in [5.74, 6) is 0.569. The van der Waals surface area contributed by atoms with Crippen LogP contribution in [0.5, 0.6) is 0 Å². The molecular formula is C18H17F6N3. The van der Waals surface area contributed by atoms with E-state index in [2.05, 4.69) is 15.3 Å². The Morgan fingerprint density at radius 3 is 2.22 bits per heavy atom. The summed E-state index contributed by atoms with van der Waals surface area (Å²) in [5, 5.41) is 3.13. The van der Waals surface area contributed by atoms with E-state index in [4.69, 9.17) is 0 Å². The number of rotatable bonds is 3. The lowest BCUT2D eigenvalue weighted by Crippen LogP contribution is -2.18. The monoisotopic (exact) mass is 389 g/mol. The van der Waals surface area contributed by atoms with Crippen molar-refractivity contribution in [1.29, 1.82) is 0 Å². The maximum Gasteiger partial charge on any atom is 0.417 e. The molecule has 1 saturated carbocycles. The van der Waals surface area contributed by atoms with Gasteiger partial charge in [0.05, 0.1) is 11.1 Å². The van der Waals surface area contributed by atoms with E-state index in [-0.39, 0.29) is 29.1 Å². The zero-order valence-corrected chi connectivity index (χ0v) is 14.4. The number of benzene rings is 1. The van der Waals surface area contributed by atoms with Crippen molar-refractivity contribution in [3.05, 3.63) is 41.3 Å². The van der Waals surface area contributed by atoms with Gasteiger partial charge >= 0.3 is 12.4 Å². The Morgan fingerprint density at radius 1 is 0.963 bits per heavy atom. The number of alkyl halides is 6. The van der Waals surface area contributed by atoms with E-state index in [9.17, 15) is 26.3 Å². The van der Waals surface area contributed by atoms with E-state index in [1.807, 2.05) is 0 Å². The lowest BCUT2D eigenvalue weighted by atomic mass is 9.97. The van der Waals surface area contributed by atoms with E-state index in [1.54, 1.807) is 6.92 Å². The summed E-state index contributed by atoms with van der Waals surface area (Å²) >= 11 is 0. The van der Waals surface area contributed by atoms with Crippen molar-refractivity contribution in [3.63, 3.8) is 0 Å². The zero-order chi connectivity index (χ0) is 19.8. The molecule has 9 heteroatoms. The number of nitrogens with zero attached hydrogens (tertiary/aromatic N) is 2. The summed E-state index contributed by atoms with van der Waals surface area (Å²) in [4.78, 5) is 8.14. The highest BCUT2D eigenvalue weighted by Gasteiger charge is 2.39. The van der Waals surface area contributed by atoms with Crippen molar-refractivity contribution in [3.8, 4) is 11.1 Å². The highest BCUT2D eigenvalue weighted by atomic mass is 19.4. The Labute approximate surface area is 151 Å². The van der Waals surface area contributed by atoms with Crippen LogP contribution in [0, 0.1) is 6.92 Å². The Bertz CT molecular complexity index is 823. The predicted octanol–water partition coefficient (Wildman–Crippen LogP) is 5.84. The van der Waals surface area contributed by atoms with Crippen LogP contribution in [-0.4, -0.2) is 16.0 Å². The van der Waals surface area contributed by atoms with Crippen molar-refractivity contribution < 1.29 is 26.3 Å². The van der Waals surface area contributed by atoms with Crippen LogP contribution in [0.1, 0.15) is 42.6 Å². The second-order valence-corrected chi connectivity index (χ2v) is 6.56. The summed E-state index contributed by atoms with van der Waals surface area (Å²) < 4.78 is 79.1. The van der Waals surface area contributed by atoms with E-state index >= 15 is 0 Å². The largest absolute Gasteiger partial charge is 0.417 e. The third-order valence-corrected chi connectivity index (χ3v) is 4.55. The second kappa shape index (κ2) is 7.01. The predicted molar refractivity (Wildman–Crippen MR) is 88.1 cm³/mol. The minimum Gasteiger partial charge on any atom is -0.367 e. The lowest BCUT2D eigenvalue weighted by Gasteiger charge is -2.20. The number of anilines is 1. The SMILES string of the molecule is Cc1ncc(-c2ccc(C(F)(F)F)cc2C(F)(F)F)c(NC2CCCC2)n1. The molecule has 1 heterocycles. The van der Waals surface area contributed by atoms with Gasteiger partial charge in [0.1, 0.15) is 11.6 Å². The van der Waals surface area contributed by atoms with Crippen LogP contribution in [0.3, 0.4) is 0 Å². The standard InChI is InChI=1S/C18H17F6N3/c1-10-25-9-14(16(26-10)27-12-4-2-3-5-12)13-7-6-11(17(19,20)21)8-15(13)18(22,23)24/h6-9,12H,2-5H2,1H3,(H,25,26,27). The molecule has 1 N–H and O–H groups in total. The molecule has 0 amide bonds. The summed E-state index contributed by atoms with van der Waals surface area (Å²) in [6.45, 7) is 1.60. The van der Waals surface area contributed by atoms with Gasteiger partial charge in [-0.2, -0.15) is 26.3 Å². The van der Waals surface area contributed by atoms with Crippen LogP contribution in [0.15, 0.2) is 24.4 Å². The van der Waals surface area contributed by atoms with Crippen LogP contribution in [0.4, 0.5) is 32.2 Å². The van der Waals surface area contributed by atoms with Crippen molar-refractivity contribution in [1.82, 2.24) is 9.97 Å². The fraction of sp³-hybridized carbons (Fsp3) is 0.444. The van der Waals surface area contributed by atoms with Gasteiger partial charge in [0.25, 0.3) is 0 Å². The van der Waals surface area contributed by atoms with Gasteiger partial charge in [0.15, 0.2) is 0 Å². The number of halogens is 6. The first-order chi connectivity index (χ1) is 12.6. The minimum absolute atomic E-state index is 0.0357. The maximum atomic E-state index is 13.5. The summed E-state index contributed by atoms with van der Waals surface area (Å²) in [7, 11) is 0. The molecule has 0 bridgehead atoms. The fourth-order valence-electron chi connectivity index (χ4n) is 3.23. The lowest BCUT2D eigenvalue weighted by molar-refractivity contribution is -0.142. The normalized spacial score (nSPS) is 16.0. The van der Waals surface area contributed by atoms with Crippen molar-refractivity contribution in [2.24, 2.45) is 0 Å². The van der Waals surface area contributed by atoms with Crippen LogP contribution >= 0.6 is 0 Å². The number of nitrogens with one attached hydrogen (secondary N) is 1. The van der Waals surface area contributed by atoms with Crippen LogP contribution in [0.25, 0.3) is 11.1 Å². The van der Waals surface area contributed by atoms with Gasteiger partial charge in [0, 0.05) is 17.8 Å². The Kier molecular flexibility index (Phi) is 5.05. The Balaban J connectivity index is 2.12. The molecule has 0 unspecified atom stereocenters. The quantitative estimate of drug-likeness (QED) is 0.670. The number of aryl methyl sites for hydroxylation is 1. The third-order valence-electron chi connectivity index (χ3n) is 4.55. The second-order valence-electron chi connectivity index (χ2n) is 6.56. The maximum absolute atomic E-state index is 13.5. The summed E-state index contributed by atoms with van der Waals surface area (Å²) in [6.07, 6.45) is -4.86. The molecule has 0 radical (unpaired) electrons. The number of hydrogen-bond acceptors (Lipinski definition) is 3. The minimum atomic E-state index is -4.95.